The van der Waals surface area contributed by atoms with E-state index in [-0.39, 0.29) is 0 Å². The number of guanidine groups is 1. The van der Waals surface area contributed by atoms with Crippen LogP contribution < -0.4 is 15.4 Å². The van der Waals surface area contributed by atoms with Crippen LogP contribution in [0.2, 0.25) is 0 Å². The molecular weight excluding hydrogens is 388 g/mol. The number of ether oxygens (including phenoxy) is 1. The number of imidazole rings is 1. The first-order valence-electron chi connectivity index (χ1n) is 10.6. The van der Waals surface area contributed by atoms with Crippen LogP contribution >= 0.6 is 0 Å². The summed E-state index contributed by atoms with van der Waals surface area (Å²) in [5.74, 6) is 3.12. The molecule has 2 aromatic heterocycles. The summed E-state index contributed by atoms with van der Waals surface area (Å²) in [7, 11) is 1.77. The first kappa shape index (κ1) is 22.3. The molecule has 7 nitrogen and oxygen atoms in total. The van der Waals surface area contributed by atoms with Gasteiger partial charge in [0.05, 0.1) is 6.61 Å². The van der Waals surface area contributed by atoms with Crippen molar-refractivity contribution in [1.29, 1.82) is 0 Å². The van der Waals surface area contributed by atoms with Crippen molar-refractivity contribution in [1.82, 2.24) is 25.2 Å². The summed E-state index contributed by atoms with van der Waals surface area (Å²) < 4.78 is 7.94. The number of aromatic nitrogens is 3. The number of rotatable bonds is 9. The molecule has 0 radical (unpaired) electrons. The Balaban J connectivity index is 1.57. The minimum atomic E-state index is 0.622. The minimum Gasteiger partial charge on any atom is -0.493 e. The van der Waals surface area contributed by atoms with Gasteiger partial charge in [0.2, 0.25) is 0 Å². The van der Waals surface area contributed by atoms with E-state index in [1.807, 2.05) is 22.9 Å². The van der Waals surface area contributed by atoms with Crippen molar-refractivity contribution in [3.05, 3.63) is 71.9 Å². The molecular formula is C24H32N6O. The summed E-state index contributed by atoms with van der Waals surface area (Å²) in [4.78, 5) is 12.8. The molecule has 0 saturated heterocycles. The van der Waals surface area contributed by atoms with Crippen LogP contribution in [0.1, 0.15) is 37.0 Å². The van der Waals surface area contributed by atoms with E-state index in [2.05, 4.69) is 64.6 Å². The number of nitrogens with zero attached hydrogens (tertiary/aromatic N) is 4. The van der Waals surface area contributed by atoms with Crippen molar-refractivity contribution in [2.45, 2.75) is 40.3 Å². The van der Waals surface area contributed by atoms with Crippen LogP contribution in [-0.2, 0) is 13.1 Å². The van der Waals surface area contributed by atoms with Crippen LogP contribution in [0.15, 0.2) is 60.2 Å². The van der Waals surface area contributed by atoms with E-state index < -0.39 is 0 Å². The lowest BCUT2D eigenvalue weighted by molar-refractivity contribution is 0.286. The number of aryl methyl sites for hydroxylation is 1. The molecule has 2 N–H and O–H groups in total. The van der Waals surface area contributed by atoms with Gasteiger partial charge in [0.1, 0.15) is 17.9 Å². The molecule has 0 spiro atoms. The molecule has 0 aliphatic heterocycles. The maximum atomic E-state index is 6.06. The quantitative estimate of drug-likeness (QED) is 0.406. The van der Waals surface area contributed by atoms with Gasteiger partial charge in [0.15, 0.2) is 5.96 Å². The molecule has 3 rings (SSSR count). The number of benzene rings is 1. The molecule has 0 atom stereocenters. The van der Waals surface area contributed by atoms with E-state index in [0.717, 1.165) is 41.7 Å². The summed E-state index contributed by atoms with van der Waals surface area (Å²) in [6, 6.07) is 10.3. The second-order valence-electron chi connectivity index (χ2n) is 7.91. The lowest BCUT2D eigenvalue weighted by Crippen LogP contribution is -2.36. The smallest absolute Gasteiger partial charge is 0.191 e. The number of aliphatic imine (C=N–C) groups is 1. The van der Waals surface area contributed by atoms with Gasteiger partial charge >= 0.3 is 0 Å². The monoisotopic (exact) mass is 420 g/mol. The Hall–Kier alpha value is -3.35. The van der Waals surface area contributed by atoms with Crippen molar-refractivity contribution in [2.24, 2.45) is 10.9 Å². The molecule has 0 fully saturated rings. The van der Waals surface area contributed by atoms with Crippen LogP contribution in [-0.4, -0.2) is 34.1 Å². The van der Waals surface area contributed by atoms with E-state index in [0.29, 0.717) is 19.0 Å². The number of hydrogen-bond donors (Lipinski definition) is 2. The summed E-state index contributed by atoms with van der Waals surface area (Å²) in [5, 5.41) is 6.75. The highest BCUT2D eigenvalue weighted by Gasteiger charge is 2.07. The van der Waals surface area contributed by atoms with E-state index in [1.165, 1.54) is 5.56 Å². The van der Waals surface area contributed by atoms with Crippen molar-refractivity contribution >= 4 is 5.96 Å². The molecule has 0 amide bonds. The summed E-state index contributed by atoms with van der Waals surface area (Å²) >= 11 is 0. The van der Waals surface area contributed by atoms with E-state index in [4.69, 9.17) is 4.74 Å². The molecule has 3 aromatic rings. The van der Waals surface area contributed by atoms with Gasteiger partial charge in [-0.2, -0.15) is 0 Å². The van der Waals surface area contributed by atoms with Crippen LogP contribution in [0.3, 0.4) is 0 Å². The third kappa shape index (κ3) is 6.84. The highest BCUT2D eigenvalue weighted by atomic mass is 16.5. The van der Waals surface area contributed by atoms with Gasteiger partial charge in [-0.3, -0.25) is 9.56 Å². The Morgan fingerprint density at radius 1 is 1.13 bits per heavy atom. The predicted molar refractivity (Wildman–Crippen MR) is 125 cm³/mol. The Bertz CT molecular complexity index is 981. The maximum absolute atomic E-state index is 6.06. The van der Waals surface area contributed by atoms with Gasteiger partial charge in [-0.25, -0.2) is 9.97 Å². The highest BCUT2D eigenvalue weighted by molar-refractivity contribution is 5.79. The third-order valence-corrected chi connectivity index (χ3v) is 4.88. The zero-order valence-electron chi connectivity index (χ0n) is 18.8. The van der Waals surface area contributed by atoms with Gasteiger partial charge in [-0.1, -0.05) is 26.0 Å². The molecule has 31 heavy (non-hydrogen) atoms. The summed E-state index contributed by atoms with van der Waals surface area (Å²) in [6.07, 6.45) is 8.20. The maximum Gasteiger partial charge on any atom is 0.191 e. The van der Waals surface area contributed by atoms with Crippen molar-refractivity contribution in [3.8, 4) is 11.6 Å². The first-order chi connectivity index (χ1) is 15.0. The van der Waals surface area contributed by atoms with Crippen molar-refractivity contribution < 1.29 is 4.74 Å². The Labute approximate surface area is 184 Å². The van der Waals surface area contributed by atoms with Crippen molar-refractivity contribution in [3.63, 3.8) is 0 Å². The van der Waals surface area contributed by atoms with Gasteiger partial charge in [0, 0.05) is 44.3 Å². The molecule has 0 saturated carbocycles. The van der Waals surface area contributed by atoms with Crippen LogP contribution in [0.5, 0.6) is 5.75 Å². The fraction of sp³-hybridized carbons (Fsp3) is 0.375. The van der Waals surface area contributed by atoms with E-state index in [1.54, 1.807) is 25.8 Å². The fourth-order valence-electron chi connectivity index (χ4n) is 3.04. The average molecular weight is 421 g/mol. The summed E-state index contributed by atoms with van der Waals surface area (Å²) in [5.41, 5.74) is 3.41. The Kier molecular flexibility index (Phi) is 8.04. The molecule has 164 valence electrons. The SMILES string of the molecule is CN=C(NCc1ccnc(-n2ccnc2)c1)NCc1ccc(C)cc1OCCC(C)C. The largest absolute Gasteiger partial charge is 0.493 e. The molecule has 0 aliphatic rings. The Morgan fingerprint density at radius 2 is 1.97 bits per heavy atom. The normalized spacial score (nSPS) is 11.6. The van der Waals surface area contributed by atoms with Gasteiger partial charge in [0.25, 0.3) is 0 Å². The predicted octanol–water partition coefficient (Wildman–Crippen LogP) is 3.87. The fourth-order valence-corrected chi connectivity index (χ4v) is 3.04. The minimum absolute atomic E-state index is 0.622. The number of hydrogen-bond acceptors (Lipinski definition) is 4. The van der Waals surface area contributed by atoms with Crippen LogP contribution in [0.25, 0.3) is 5.82 Å². The second kappa shape index (κ2) is 11.2. The van der Waals surface area contributed by atoms with Crippen LogP contribution in [0.4, 0.5) is 0 Å². The highest BCUT2D eigenvalue weighted by Crippen LogP contribution is 2.21. The zero-order valence-corrected chi connectivity index (χ0v) is 18.8. The second-order valence-corrected chi connectivity index (χ2v) is 7.91. The first-order valence-corrected chi connectivity index (χ1v) is 10.6. The lowest BCUT2D eigenvalue weighted by atomic mass is 10.1. The van der Waals surface area contributed by atoms with Crippen LogP contribution in [0, 0.1) is 12.8 Å². The topological polar surface area (TPSA) is 76.4 Å². The average Bonchev–Trinajstić information content (AvgIpc) is 3.30. The number of nitrogens with one attached hydrogen (secondary N) is 2. The lowest BCUT2D eigenvalue weighted by Gasteiger charge is -2.16. The number of pyridine rings is 1. The molecule has 0 unspecified atom stereocenters. The molecule has 2 heterocycles. The summed E-state index contributed by atoms with van der Waals surface area (Å²) in [6.45, 7) is 8.49. The van der Waals surface area contributed by atoms with Gasteiger partial charge in [-0.05, 0) is 48.6 Å². The Morgan fingerprint density at radius 3 is 2.71 bits per heavy atom. The molecule has 1 aromatic carbocycles. The standard InChI is InChI=1S/C24H32N6O/c1-18(2)8-12-31-22-13-19(3)5-6-21(22)16-29-24(25-4)28-15-20-7-9-27-23(14-20)30-11-10-26-17-30/h5-7,9-11,13-14,17-18H,8,12,15-16H2,1-4H3,(H2,25,28,29). The van der Waals surface area contributed by atoms with Crippen molar-refractivity contribution in [2.75, 3.05) is 13.7 Å². The third-order valence-electron chi connectivity index (χ3n) is 4.88. The zero-order chi connectivity index (χ0) is 22.1. The van der Waals surface area contributed by atoms with E-state index in [9.17, 15) is 0 Å². The molecule has 0 aliphatic carbocycles. The van der Waals surface area contributed by atoms with Gasteiger partial charge in [-0.15, -0.1) is 0 Å². The molecule has 7 heteroatoms. The van der Waals surface area contributed by atoms with Gasteiger partial charge < -0.3 is 15.4 Å². The van der Waals surface area contributed by atoms with E-state index >= 15 is 0 Å². The molecule has 0 bridgehead atoms.